The first-order valence-electron chi connectivity index (χ1n) is 7.75. The van der Waals surface area contributed by atoms with E-state index >= 15 is 0 Å². The summed E-state index contributed by atoms with van der Waals surface area (Å²) in [5, 5.41) is 9.22. The van der Waals surface area contributed by atoms with Crippen LogP contribution in [0, 0.1) is 5.92 Å². The van der Waals surface area contributed by atoms with Crippen molar-refractivity contribution < 1.29 is 13.5 Å². The zero-order valence-corrected chi connectivity index (χ0v) is 13.8. The molecular formula is C15H26N2O3S. The number of hydrogen-bond donors (Lipinski definition) is 1. The fraction of sp³-hybridized carbons (Fsp3) is 0.733. The lowest BCUT2D eigenvalue weighted by Gasteiger charge is -2.19. The lowest BCUT2D eigenvalue weighted by Crippen LogP contribution is -2.31. The topological polar surface area (TPSA) is 62.5 Å². The molecule has 0 radical (unpaired) electrons. The molecule has 1 unspecified atom stereocenters. The Hall–Kier alpha value is -0.850. The highest BCUT2D eigenvalue weighted by Gasteiger charge is 2.28. The van der Waals surface area contributed by atoms with Crippen LogP contribution in [0.25, 0.3) is 0 Å². The molecule has 2 rings (SSSR count). The molecule has 1 aliphatic rings. The van der Waals surface area contributed by atoms with Crippen LogP contribution < -0.4 is 0 Å². The fourth-order valence-electron chi connectivity index (χ4n) is 3.10. The van der Waals surface area contributed by atoms with Crippen molar-refractivity contribution in [3.63, 3.8) is 0 Å². The first-order valence-corrected chi connectivity index (χ1v) is 9.19. The Labute approximate surface area is 127 Å². The Bertz CT molecular complexity index is 565. The number of hydrogen-bond acceptors (Lipinski definition) is 3. The minimum absolute atomic E-state index is 0.148. The molecule has 1 N–H and O–H groups in total. The number of sulfonamides is 1. The van der Waals surface area contributed by atoms with Crippen molar-refractivity contribution >= 4 is 10.0 Å². The van der Waals surface area contributed by atoms with E-state index in [1.807, 2.05) is 0 Å². The molecule has 0 amide bonds. The number of aryl methyl sites for hydroxylation is 1. The summed E-state index contributed by atoms with van der Waals surface area (Å²) in [6.07, 6.45) is 6.95. The summed E-state index contributed by atoms with van der Waals surface area (Å²) in [7, 11) is -1.68. The summed E-state index contributed by atoms with van der Waals surface area (Å²) in [5.41, 5.74) is 0.618. The van der Waals surface area contributed by atoms with E-state index in [0.717, 1.165) is 25.7 Å². The minimum atomic E-state index is -3.43. The predicted molar refractivity (Wildman–Crippen MR) is 82.3 cm³/mol. The Morgan fingerprint density at radius 2 is 2.10 bits per heavy atom. The van der Waals surface area contributed by atoms with E-state index < -0.39 is 10.0 Å². The summed E-state index contributed by atoms with van der Waals surface area (Å²) in [6.45, 7) is 3.24. The van der Waals surface area contributed by atoms with E-state index in [1.165, 1.54) is 6.42 Å². The second kappa shape index (κ2) is 6.94. The summed E-state index contributed by atoms with van der Waals surface area (Å²) in [4.78, 5) is 0.294. The molecule has 1 aromatic rings. The highest BCUT2D eigenvalue weighted by molar-refractivity contribution is 7.89. The molecule has 1 saturated heterocycles. The molecule has 120 valence electrons. The van der Waals surface area contributed by atoms with E-state index in [4.69, 9.17) is 0 Å². The molecule has 1 atom stereocenters. The lowest BCUT2D eigenvalue weighted by atomic mass is 9.96. The molecule has 0 aromatic carbocycles. The summed E-state index contributed by atoms with van der Waals surface area (Å²) in [6, 6.07) is 1.57. The first-order chi connectivity index (χ1) is 9.98. The van der Waals surface area contributed by atoms with Crippen molar-refractivity contribution in [2.75, 3.05) is 13.1 Å². The summed E-state index contributed by atoms with van der Waals surface area (Å²) in [5.74, 6) is 0.652. The zero-order valence-electron chi connectivity index (χ0n) is 13.0. The van der Waals surface area contributed by atoms with Crippen LogP contribution in [0.4, 0.5) is 0 Å². The Balaban J connectivity index is 2.15. The van der Waals surface area contributed by atoms with Gasteiger partial charge in [0.2, 0.25) is 10.0 Å². The third-order valence-electron chi connectivity index (χ3n) is 4.39. The van der Waals surface area contributed by atoms with Gasteiger partial charge in [-0.05, 0) is 31.2 Å². The third-order valence-corrected chi connectivity index (χ3v) is 6.25. The van der Waals surface area contributed by atoms with Gasteiger partial charge in [-0.2, -0.15) is 4.31 Å². The van der Waals surface area contributed by atoms with Gasteiger partial charge < -0.3 is 9.67 Å². The van der Waals surface area contributed by atoms with Crippen molar-refractivity contribution in [1.82, 2.24) is 8.87 Å². The molecule has 5 nitrogen and oxygen atoms in total. The minimum Gasteiger partial charge on any atom is -0.390 e. The van der Waals surface area contributed by atoms with Crippen molar-refractivity contribution in [2.24, 2.45) is 13.0 Å². The van der Waals surface area contributed by atoms with E-state index in [-0.39, 0.29) is 6.61 Å². The van der Waals surface area contributed by atoms with Gasteiger partial charge in [0.1, 0.15) is 4.90 Å². The van der Waals surface area contributed by atoms with E-state index in [1.54, 1.807) is 28.2 Å². The molecule has 1 aliphatic heterocycles. The SMILES string of the molecule is CCCC1CCCN(S(=O)(=O)c2cc(CO)n(C)c2)CC1. The van der Waals surface area contributed by atoms with Gasteiger partial charge in [0, 0.05) is 32.0 Å². The standard InChI is InChI=1S/C15H26N2O3S/c1-3-5-13-6-4-8-17(9-7-13)21(19,20)15-10-14(12-18)16(2)11-15/h10-11,13,18H,3-9,12H2,1-2H3. The normalized spacial score (nSPS) is 21.4. The first kappa shape index (κ1) is 16.5. The number of aromatic nitrogens is 1. The van der Waals surface area contributed by atoms with Gasteiger partial charge in [0.15, 0.2) is 0 Å². The van der Waals surface area contributed by atoms with Gasteiger partial charge in [-0.25, -0.2) is 8.42 Å². The van der Waals surface area contributed by atoms with E-state index in [9.17, 15) is 13.5 Å². The van der Waals surface area contributed by atoms with Crippen LogP contribution >= 0.6 is 0 Å². The van der Waals surface area contributed by atoms with Gasteiger partial charge in [0.05, 0.1) is 6.61 Å². The number of nitrogens with zero attached hydrogens (tertiary/aromatic N) is 2. The fourth-order valence-corrected chi connectivity index (χ4v) is 4.69. The van der Waals surface area contributed by atoms with Gasteiger partial charge >= 0.3 is 0 Å². The van der Waals surface area contributed by atoms with Crippen LogP contribution in [0.3, 0.4) is 0 Å². The van der Waals surface area contributed by atoms with Crippen LogP contribution in [0.15, 0.2) is 17.2 Å². The van der Waals surface area contributed by atoms with Crippen LogP contribution in [0.1, 0.15) is 44.7 Å². The van der Waals surface area contributed by atoms with Crippen molar-refractivity contribution in [2.45, 2.75) is 50.5 Å². The van der Waals surface area contributed by atoms with Crippen molar-refractivity contribution in [3.8, 4) is 0 Å². The van der Waals surface area contributed by atoms with Crippen molar-refractivity contribution in [3.05, 3.63) is 18.0 Å². The van der Waals surface area contributed by atoms with E-state index in [2.05, 4.69) is 6.92 Å². The lowest BCUT2D eigenvalue weighted by molar-refractivity contribution is 0.272. The molecule has 2 heterocycles. The van der Waals surface area contributed by atoms with Crippen LogP contribution in [-0.4, -0.2) is 35.5 Å². The number of rotatable bonds is 5. The third kappa shape index (κ3) is 3.67. The van der Waals surface area contributed by atoms with Crippen LogP contribution in [0.5, 0.6) is 0 Å². The van der Waals surface area contributed by atoms with Gasteiger partial charge in [-0.1, -0.05) is 19.8 Å². The van der Waals surface area contributed by atoms with Crippen LogP contribution in [0.2, 0.25) is 0 Å². The van der Waals surface area contributed by atoms with E-state index in [0.29, 0.717) is 29.6 Å². The van der Waals surface area contributed by atoms with Gasteiger partial charge in [-0.3, -0.25) is 0 Å². The molecule has 0 saturated carbocycles. The maximum atomic E-state index is 12.7. The average molecular weight is 314 g/mol. The summed E-state index contributed by atoms with van der Waals surface area (Å²) < 4.78 is 28.7. The average Bonchev–Trinajstić information content (AvgIpc) is 2.68. The Kier molecular flexibility index (Phi) is 5.46. The maximum Gasteiger partial charge on any atom is 0.244 e. The molecule has 0 spiro atoms. The number of aliphatic hydroxyl groups is 1. The molecule has 0 bridgehead atoms. The molecule has 6 heteroatoms. The predicted octanol–water partition coefficient (Wildman–Crippen LogP) is 2.11. The quantitative estimate of drug-likeness (QED) is 0.905. The molecule has 21 heavy (non-hydrogen) atoms. The molecule has 0 aliphatic carbocycles. The molecule has 1 fully saturated rings. The highest BCUT2D eigenvalue weighted by Crippen LogP contribution is 2.26. The molecular weight excluding hydrogens is 288 g/mol. The Morgan fingerprint density at radius 1 is 1.33 bits per heavy atom. The monoisotopic (exact) mass is 314 g/mol. The highest BCUT2D eigenvalue weighted by atomic mass is 32.2. The van der Waals surface area contributed by atoms with Crippen molar-refractivity contribution in [1.29, 1.82) is 0 Å². The van der Waals surface area contributed by atoms with Gasteiger partial charge in [-0.15, -0.1) is 0 Å². The van der Waals surface area contributed by atoms with Gasteiger partial charge in [0.25, 0.3) is 0 Å². The molecule has 1 aromatic heterocycles. The maximum absolute atomic E-state index is 12.7. The van der Waals surface area contributed by atoms with Crippen LogP contribution in [-0.2, 0) is 23.7 Å². The second-order valence-corrected chi connectivity index (χ2v) is 7.86. The second-order valence-electron chi connectivity index (χ2n) is 5.93. The zero-order chi connectivity index (χ0) is 15.5. The Morgan fingerprint density at radius 3 is 2.71 bits per heavy atom. The number of aliphatic hydroxyl groups excluding tert-OH is 1. The smallest absolute Gasteiger partial charge is 0.244 e. The summed E-state index contributed by atoms with van der Waals surface area (Å²) >= 11 is 0. The largest absolute Gasteiger partial charge is 0.390 e.